The van der Waals surface area contributed by atoms with Crippen molar-refractivity contribution in [1.82, 2.24) is 0 Å². The van der Waals surface area contributed by atoms with E-state index in [4.69, 9.17) is 37.0 Å². The zero-order valence-corrected chi connectivity index (χ0v) is 57.6. The van der Waals surface area contributed by atoms with Gasteiger partial charge in [-0.2, -0.15) is 0 Å². The molecule has 0 aromatic carbocycles. The van der Waals surface area contributed by atoms with E-state index in [9.17, 15) is 43.2 Å². The van der Waals surface area contributed by atoms with Gasteiger partial charge in [-0.05, 0) is 43.4 Å². The summed E-state index contributed by atoms with van der Waals surface area (Å²) in [5.74, 6) is 0.0277. The maximum absolute atomic E-state index is 13.0. The van der Waals surface area contributed by atoms with E-state index in [0.29, 0.717) is 31.6 Å². The molecule has 0 aromatic heterocycles. The first kappa shape index (κ1) is 84.1. The molecule has 0 aliphatic heterocycles. The summed E-state index contributed by atoms with van der Waals surface area (Å²) in [6, 6.07) is 0. The molecule has 3 N–H and O–H groups in total. The Hall–Kier alpha value is -1.94. The molecule has 0 saturated heterocycles. The van der Waals surface area contributed by atoms with E-state index < -0.39 is 97.5 Å². The van der Waals surface area contributed by atoms with Crippen molar-refractivity contribution < 1.29 is 80.2 Å². The van der Waals surface area contributed by atoms with Crippen LogP contribution >= 0.6 is 15.6 Å². The lowest BCUT2D eigenvalue weighted by molar-refractivity contribution is -0.161. The van der Waals surface area contributed by atoms with Crippen LogP contribution in [0.4, 0.5) is 0 Å². The van der Waals surface area contributed by atoms with Gasteiger partial charge in [-0.3, -0.25) is 37.3 Å². The Morgan fingerprint density at radius 3 is 0.791 bits per heavy atom. The van der Waals surface area contributed by atoms with Crippen LogP contribution in [-0.2, 0) is 65.4 Å². The quantitative estimate of drug-likeness (QED) is 0.0222. The van der Waals surface area contributed by atoms with E-state index in [1.807, 2.05) is 0 Å². The molecule has 0 saturated carbocycles. The molecule has 0 amide bonds. The third-order valence-corrected chi connectivity index (χ3v) is 17.3. The Balaban J connectivity index is 5.25. The number of ether oxygens (including phenoxy) is 4. The second-order valence-corrected chi connectivity index (χ2v) is 28.5. The van der Waals surface area contributed by atoms with Crippen molar-refractivity contribution in [3.05, 3.63) is 0 Å². The molecule has 0 fully saturated rings. The Labute approximate surface area is 524 Å². The topological polar surface area (TPSA) is 237 Å². The first-order chi connectivity index (χ1) is 41.2. The molecule has 510 valence electrons. The van der Waals surface area contributed by atoms with Gasteiger partial charge >= 0.3 is 39.5 Å². The molecule has 19 heteroatoms. The highest BCUT2D eigenvalue weighted by molar-refractivity contribution is 7.47. The van der Waals surface area contributed by atoms with Crippen LogP contribution in [0.15, 0.2) is 0 Å². The van der Waals surface area contributed by atoms with Crippen LogP contribution in [0.2, 0.25) is 0 Å². The number of phosphoric ester groups is 2. The fraction of sp³-hybridized carbons (Fsp3) is 0.940. The molecule has 0 heterocycles. The Morgan fingerprint density at radius 2 is 0.535 bits per heavy atom. The maximum Gasteiger partial charge on any atom is 0.472 e. The van der Waals surface area contributed by atoms with Crippen LogP contribution in [0, 0.1) is 17.8 Å². The average molecular weight is 1270 g/mol. The van der Waals surface area contributed by atoms with Gasteiger partial charge in [0, 0.05) is 25.7 Å². The minimum atomic E-state index is -4.95. The highest BCUT2D eigenvalue weighted by atomic mass is 31.2. The zero-order valence-electron chi connectivity index (χ0n) is 55.8. The third kappa shape index (κ3) is 60.9. The number of unbranched alkanes of at least 4 members (excludes halogenated alkanes) is 33. The zero-order chi connectivity index (χ0) is 63.8. The van der Waals surface area contributed by atoms with Gasteiger partial charge in [0.1, 0.15) is 19.3 Å². The Kier molecular flexibility index (Phi) is 56.9. The summed E-state index contributed by atoms with van der Waals surface area (Å²) in [7, 11) is -9.89. The van der Waals surface area contributed by atoms with Crippen LogP contribution < -0.4 is 0 Å². The SMILES string of the molecule is CCCCCCCCCCCCCCCC(=O)O[C@H](COC(=O)CCCCCCCCCCCC(C)C)COP(=O)(O)OC[C@@H](O)COP(=O)(O)OC[C@@H](COC(=O)CCCCCCCCC(C)C)OC(=O)CCCCCCCCCCCC(C)C. The van der Waals surface area contributed by atoms with Crippen molar-refractivity contribution in [3.63, 3.8) is 0 Å². The van der Waals surface area contributed by atoms with E-state index in [2.05, 4.69) is 48.5 Å². The summed E-state index contributed by atoms with van der Waals surface area (Å²) in [6.07, 6.45) is 40.4. The molecule has 0 aromatic rings. The van der Waals surface area contributed by atoms with Gasteiger partial charge < -0.3 is 33.8 Å². The number of hydrogen-bond acceptors (Lipinski definition) is 15. The van der Waals surface area contributed by atoms with Gasteiger partial charge in [0.2, 0.25) is 0 Å². The Morgan fingerprint density at radius 1 is 0.314 bits per heavy atom. The normalized spacial score (nSPS) is 14.3. The number of carbonyl (C=O) groups is 4. The van der Waals surface area contributed by atoms with Gasteiger partial charge in [0.15, 0.2) is 12.2 Å². The number of hydrogen-bond donors (Lipinski definition) is 3. The molecule has 0 spiro atoms. The smallest absolute Gasteiger partial charge is 0.462 e. The van der Waals surface area contributed by atoms with Crippen molar-refractivity contribution in [2.24, 2.45) is 17.8 Å². The van der Waals surface area contributed by atoms with Crippen LogP contribution in [0.3, 0.4) is 0 Å². The van der Waals surface area contributed by atoms with Crippen molar-refractivity contribution in [2.75, 3.05) is 39.6 Å². The van der Waals surface area contributed by atoms with Crippen molar-refractivity contribution in [2.45, 2.75) is 349 Å². The molecule has 0 aliphatic rings. The van der Waals surface area contributed by atoms with Crippen LogP contribution in [0.1, 0.15) is 331 Å². The molecule has 0 rings (SSSR count). The molecule has 0 radical (unpaired) electrons. The second kappa shape index (κ2) is 58.2. The van der Waals surface area contributed by atoms with Crippen molar-refractivity contribution in [1.29, 1.82) is 0 Å². The summed E-state index contributed by atoms with van der Waals surface area (Å²) >= 11 is 0. The van der Waals surface area contributed by atoms with E-state index in [1.54, 1.807) is 0 Å². The molecular weight excluding hydrogens is 1140 g/mol. The first-order valence-electron chi connectivity index (χ1n) is 34.8. The van der Waals surface area contributed by atoms with Crippen LogP contribution in [-0.4, -0.2) is 96.7 Å². The lowest BCUT2D eigenvalue weighted by Gasteiger charge is -2.21. The maximum atomic E-state index is 13.0. The third-order valence-electron chi connectivity index (χ3n) is 15.4. The Bertz CT molecular complexity index is 1700. The molecule has 0 aliphatic carbocycles. The minimum absolute atomic E-state index is 0.104. The van der Waals surface area contributed by atoms with Crippen LogP contribution in [0.25, 0.3) is 0 Å². The number of rotatable bonds is 65. The summed E-state index contributed by atoms with van der Waals surface area (Å²) < 4.78 is 68.1. The monoisotopic (exact) mass is 1270 g/mol. The standard InChI is InChI=1S/C67H130O17P2/c1-8-9-10-11-12-13-14-15-16-21-27-36-43-50-66(71)83-62(54-77-64(69)48-41-34-26-22-17-19-24-31-38-45-58(2)3)56-81-85(73,74)79-52-61(68)53-80-86(75,76)82-57-63(55-78-65(70)49-42-35-30-29-33-40-47-60(6)7)84-67(72)51-44-37-28-23-18-20-25-32-39-46-59(4)5/h58-63,68H,8-57H2,1-7H3,(H,73,74)(H,75,76)/t61-,62-,63-/m1/s1. The fourth-order valence-corrected chi connectivity index (χ4v) is 11.6. The lowest BCUT2D eigenvalue weighted by atomic mass is 10.0. The number of aliphatic hydroxyl groups is 1. The fourth-order valence-electron chi connectivity index (χ4n) is 10.0. The molecule has 17 nitrogen and oxygen atoms in total. The molecule has 0 bridgehead atoms. The second-order valence-electron chi connectivity index (χ2n) is 25.6. The predicted molar refractivity (Wildman–Crippen MR) is 344 cm³/mol. The van der Waals surface area contributed by atoms with E-state index in [-0.39, 0.29) is 25.7 Å². The molecular formula is C67H130O17P2. The lowest BCUT2D eigenvalue weighted by Crippen LogP contribution is -2.30. The van der Waals surface area contributed by atoms with Crippen LogP contribution in [0.5, 0.6) is 0 Å². The largest absolute Gasteiger partial charge is 0.472 e. The van der Waals surface area contributed by atoms with Gasteiger partial charge in [0.05, 0.1) is 26.4 Å². The van der Waals surface area contributed by atoms with Crippen molar-refractivity contribution in [3.8, 4) is 0 Å². The van der Waals surface area contributed by atoms with Gasteiger partial charge in [0.25, 0.3) is 0 Å². The highest BCUT2D eigenvalue weighted by Crippen LogP contribution is 2.45. The number of aliphatic hydroxyl groups excluding tert-OH is 1. The number of phosphoric acid groups is 2. The van der Waals surface area contributed by atoms with E-state index >= 15 is 0 Å². The van der Waals surface area contributed by atoms with Crippen molar-refractivity contribution >= 4 is 39.5 Å². The van der Waals surface area contributed by atoms with Gasteiger partial charge in [-0.15, -0.1) is 0 Å². The number of esters is 4. The summed E-state index contributed by atoms with van der Waals surface area (Å²) in [6.45, 7) is 11.7. The van der Waals surface area contributed by atoms with E-state index in [0.717, 1.165) is 108 Å². The predicted octanol–water partition coefficient (Wildman–Crippen LogP) is 18.7. The summed E-state index contributed by atoms with van der Waals surface area (Å²) in [5, 5.41) is 10.6. The van der Waals surface area contributed by atoms with Gasteiger partial charge in [-0.25, -0.2) is 9.13 Å². The average Bonchev–Trinajstić information content (AvgIpc) is 3.55. The molecule has 86 heavy (non-hydrogen) atoms. The first-order valence-corrected chi connectivity index (χ1v) is 37.8. The summed E-state index contributed by atoms with van der Waals surface area (Å²) in [5.41, 5.74) is 0. The number of carbonyl (C=O) groups excluding carboxylic acids is 4. The minimum Gasteiger partial charge on any atom is -0.462 e. The highest BCUT2D eigenvalue weighted by Gasteiger charge is 2.30. The van der Waals surface area contributed by atoms with Gasteiger partial charge in [-0.1, -0.05) is 280 Å². The van der Waals surface area contributed by atoms with E-state index in [1.165, 1.54) is 135 Å². The summed E-state index contributed by atoms with van der Waals surface area (Å²) in [4.78, 5) is 72.4. The molecule has 5 atom stereocenters. The molecule has 2 unspecified atom stereocenters.